The van der Waals surface area contributed by atoms with Crippen LogP contribution in [0.15, 0.2) is 17.1 Å². The fourth-order valence-electron chi connectivity index (χ4n) is 2.84. The summed E-state index contributed by atoms with van der Waals surface area (Å²) in [5.41, 5.74) is 5.63. The maximum absolute atomic E-state index is 5.63. The summed E-state index contributed by atoms with van der Waals surface area (Å²) >= 11 is 0. The number of nitrogens with two attached hydrogens (primary N) is 1. The highest BCUT2D eigenvalue weighted by atomic mass is 15.3. The van der Waals surface area contributed by atoms with Crippen LogP contribution in [0.4, 0.5) is 0 Å². The predicted molar refractivity (Wildman–Crippen MR) is 93.9 cm³/mol. The van der Waals surface area contributed by atoms with E-state index in [0.29, 0.717) is 6.17 Å². The van der Waals surface area contributed by atoms with Crippen LogP contribution in [0.5, 0.6) is 0 Å². The van der Waals surface area contributed by atoms with Crippen LogP contribution >= 0.6 is 0 Å². The second-order valence-corrected chi connectivity index (χ2v) is 6.05. The molecule has 3 heteroatoms. The van der Waals surface area contributed by atoms with E-state index in [-0.39, 0.29) is 0 Å². The molecule has 0 amide bonds. The normalized spacial score (nSPS) is 19.0. The van der Waals surface area contributed by atoms with E-state index in [1.54, 1.807) is 0 Å². The highest BCUT2D eigenvalue weighted by Gasteiger charge is 2.18. The maximum atomic E-state index is 5.63. The quantitative estimate of drug-likeness (QED) is 0.410. The van der Waals surface area contributed by atoms with E-state index in [2.05, 4.69) is 29.0 Å². The van der Waals surface area contributed by atoms with Crippen LogP contribution in [0.2, 0.25) is 0 Å². The first-order chi connectivity index (χ1) is 10.4. The maximum Gasteiger partial charge on any atom is 0.102 e. The van der Waals surface area contributed by atoms with Gasteiger partial charge in [-0.05, 0) is 38.5 Å². The van der Waals surface area contributed by atoms with Gasteiger partial charge in [0.2, 0.25) is 0 Å². The lowest BCUT2D eigenvalue weighted by atomic mass is 10.1. The van der Waals surface area contributed by atoms with Crippen molar-refractivity contribution in [1.82, 2.24) is 4.90 Å². The summed E-state index contributed by atoms with van der Waals surface area (Å²) in [6, 6.07) is 0. The Bertz CT molecular complexity index is 286. The first kappa shape index (κ1) is 18.4. The number of hydrogen-bond donors (Lipinski definition) is 1. The SMILES string of the molecule is CCCCCC/C=C/CCCCCC1N=CCN1CCN. The minimum absolute atomic E-state index is 0.405. The lowest BCUT2D eigenvalue weighted by molar-refractivity contribution is 0.241. The van der Waals surface area contributed by atoms with E-state index in [9.17, 15) is 0 Å². The van der Waals surface area contributed by atoms with Gasteiger partial charge >= 0.3 is 0 Å². The Morgan fingerprint density at radius 2 is 1.81 bits per heavy atom. The summed E-state index contributed by atoms with van der Waals surface area (Å²) < 4.78 is 0. The Morgan fingerprint density at radius 3 is 2.48 bits per heavy atom. The zero-order chi connectivity index (χ0) is 15.2. The minimum Gasteiger partial charge on any atom is -0.329 e. The van der Waals surface area contributed by atoms with Crippen LogP contribution in [0.25, 0.3) is 0 Å². The first-order valence-corrected chi connectivity index (χ1v) is 8.99. The van der Waals surface area contributed by atoms with Crippen molar-refractivity contribution >= 4 is 6.21 Å². The van der Waals surface area contributed by atoms with E-state index in [0.717, 1.165) is 19.6 Å². The summed E-state index contributed by atoms with van der Waals surface area (Å²) in [6.07, 6.45) is 20.3. The van der Waals surface area contributed by atoms with Gasteiger partial charge < -0.3 is 5.73 Å². The summed E-state index contributed by atoms with van der Waals surface area (Å²) in [5.74, 6) is 0. The fraction of sp³-hybridized carbons (Fsp3) is 0.833. The van der Waals surface area contributed by atoms with E-state index < -0.39 is 0 Å². The molecule has 0 aromatic carbocycles. The van der Waals surface area contributed by atoms with Gasteiger partial charge in [-0.3, -0.25) is 9.89 Å². The van der Waals surface area contributed by atoms with Crippen LogP contribution in [0.1, 0.15) is 71.1 Å². The fourth-order valence-corrected chi connectivity index (χ4v) is 2.84. The van der Waals surface area contributed by atoms with Crippen LogP contribution in [-0.2, 0) is 0 Å². The van der Waals surface area contributed by atoms with Crippen LogP contribution in [0, 0.1) is 0 Å². The van der Waals surface area contributed by atoms with Crippen molar-refractivity contribution in [2.45, 2.75) is 77.3 Å². The monoisotopic (exact) mass is 293 g/mol. The smallest absolute Gasteiger partial charge is 0.102 e. The van der Waals surface area contributed by atoms with E-state index in [1.807, 2.05) is 6.21 Å². The van der Waals surface area contributed by atoms with Crippen molar-refractivity contribution in [3.8, 4) is 0 Å². The summed E-state index contributed by atoms with van der Waals surface area (Å²) in [7, 11) is 0. The lowest BCUT2D eigenvalue weighted by Gasteiger charge is -2.21. The Labute approximate surface area is 131 Å². The number of aliphatic imine (C=N–C) groups is 1. The Balaban J connectivity index is 1.90. The Morgan fingerprint density at radius 1 is 1.10 bits per heavy atom. The molecule has 1 unspecified atom stereocenters. The standard InChI is InChI=1S/C18H35N3/c1-2-3-4-5-6-7-8-9-10-11-12-13-18-20-15-17-21(18)16-14-19/h7-8,15,18H,2-6,9-14,16-17,19H2,1H3/b8-7+. The molecule has 1 rings (SSSR count). The lowest BCUT2D eigenvalue weighted by Crippen LogP contribution is -2.34. The van der Waals surface area contributed by atoms with Gasteiger partial charge in [0.15, 0.2) is 0 Å². The topological polar surface area (TPSA) is 41.6 Å². The van der Waals surface area contributed by atoms with Gasteiger partial charge in [0.05, 0.1) is 0 Å². The highest BCUT2D eigenvalue weighted by molar-refractivity contribution is 5.62. The molecule has 21 heavy (non-hydrogen) atoms. The van der Waals surface area contributed by atoms with Gasteiger partial charge in [-0.25, -0.2) is 0 Å². The van der Waals surface area contributed by atoms with Crippen molar-refractivity contribution in [3.05, 3.63) is 12.2 Å². The molecule has 1 heterocycles. The molecule has 122 valence electrons. The molecule has 0 aliphatic carbocycles. The third-order valence-corrected chi connectivity index (χ3v) is 4.16. The molecular formula is C18H35N3. The number of hydrogen-bond acceptors (Lipinski definition) is 3. The largest absolute Gasteiger partial charge is 0.329 e. The number of nitrogens with zero attached hydrogens (tertiary/aromatic N) is 2. The zero-order valence-corrected chi connectivity index (χ0v) is 14.0. The van der Waals surface area contributed by atoms with Gasteiger partial charge in [0, 0.05) is 25.8 Å². The summed E-state index contributed by atoms with van der Waals surface area (Å²) in [4.78, 5) is 6.93. The zero-order valence-electron chi connectivity index (χ0n) is 14.0. The van der Waals surface area contributed by atoms with Crippen molar-refractivity contribution in [2.24, 2.45) is 10.7 Å². The van der Waals surface area contributed by atoms with Crippen molar-refractivity contribution in [1.29, 1.82) is 0 Å². The van der Waals surface area contributed by atoms with Crippen LogP contribution in [0.3, 0.4) is 0 Å². The minimum atomic E-state index is 0.405. The van der Waals surface area contributed by atoms with Gasteiger partial charge in [-0.1, -0.05) is 44.8 Å². The van der Waals surface area contributed by atoms with Crippen molar-refractivity contribution in [3.63, 3.8) is 0 Å². The Hall–Kier alpha value is -0.670. The van der Waals surface area contributed by atoms with Gasteiger partial charge in [0.25, 0.3) is 0 Å². The molecule has 1 aliphatic heterocycles. The number of unbranched alkanes of at least 4 members (excludes halogenated alkanes) is 7. The first-order valence-electron chi connectivity index (χ1n) is 8.99. The van der Waals surface area contributed by atoms with Gasteiger partial charge in [-0.15, -0.1) is 0 Å². The van der Waals surface area contributed by atoms with Gasteiger partial charge in [-0.2, -0.15) is 0 Å². The molecule has 0 spiro atoms. The average Bonchev–Trinajstić information content (AvgIpc) is 2.92. The molecule has 0 saturated carbocycles. The van der Waals surface area contributed by atoms with Crippen LogP contribution in [-0.4, -0.2) is 36.9 Å². The van der Waals surface area contributed by atoms with E-state index in [1.165, 1.54) is 64.2 Å². The molecule has 0 aromatic heterocycles. The third kappa shape index (κ3) is 9.05. The van der Waals surface area contributed by atoms with Crippen molar-refractivity contribution in [2.75, 3.05) is 19.6 Å². The molecule has 0 bridgehead atoms. The van der Waals surface area contributed by atoms with E-state index in [4.69, 9.17) is 5.73 Å². The predicted octanol–water partition coefficient (Wildman–Crippen LogP) is 4.13. The molecule has 0 aromatic rings. The second kappa shape index (κ2) is 13.0. The second-order valence-electron chi connectivity index (χ2n) is 6.05. The molecule has 1 atom stereocenters. The molecular weight excluding hydrogens is 258 g/mol. The Kier molecular flexibility index (Phi) is 11.4. The molecule has 0 radical (unpaired) electrons. The van der Waals surface area contributed by atoms with E-state index >= 15 is 0 Å². The molecule has 3 nitrogen and oxygen atoms in total. The summed E-state index contributed by atoms with van der Waals surface area (Å²) in [5, 5.41) is 0. The third-order valence-electron chi connectivity index (χ3n) is 4.16. The molecule has 1 aliphatic rings. The molecule has 2 N–H and O–H groups in total. The van der Waals surface area contributed by atoms with Gasteiger partial charge in [0.1, 0.15) is 6.17 Å². The van der Waals surface area contributed by atoms with Crippen molar-refractivity contribution < 1.29 is 0 Å². The highest BCUT2D eigenvalue weighted by Crippen LogP contribution is 2.15. The number of rotatable bonds is 13. The molecule has 0 saturated heterocycles. The number of allylic oxidation sites excluding steroid dienone is 2. The van der Waals surface area contributed by atoms with Crippen LogP contribution < -0.4 is 5.73 Å². The summed E-state index contributed by atoms with van der Waals surface area (Å²) in [6.45, 7) is 4.97. The average molecular weight is 293 g/mol. The molecule has 0 fully saturated rings.